The lowest BCUT2D eigenvalue weighted by molar-refractivity contribution is -0.123. The van der Waals surface area contributed by atoms with E-state index < -0.39 is 0 Å². The second-order valence-corrected chi connectivity index (χ2v) is 5.09. The van der Waals surface area contributed by atoms with Gasteiger partial charge in [-0.25, -0.2) is 0 Å². The van der Waals surface area contributed by atoms with Gasteiger partial charge in [0.1, 0.15) is 0 Å². The summed E-state index contributed by atoms with van der Waals surface area (Å²) in [5.41, 5.74) is 0. The summed E-state index contributed by atoms with van der Waals surface area (Å²) in [6.45, 7) is 9.13. The molecular weight excluding hydrogens is 218 g/mol. The van der Waals surface area contributed by atoms with E-state index in [-0.39, 0.29) is 11.9 Å². The molecule has 0 aromatic carbocycles. The minimum Gasteiger partial charge on any atom is -0.383 e. The highest BCUT2D eigenvalue weighted by Crippen LogP contribution is 2.03. The van der Waals surface area contributed by atoms with Crippen molar-refractivity contribution in [3.05, 3.63) is 0 Å². The standard InChI is InChI=1S/C12H25N3O2/c1-9-5-15(6-10(2)13-9)7-12(16)14-11(3)8-17-4/h9-11,13H,5-8H2,1-4H3,(H,14,16). The monoisotopic (exact) mass is 243 g/mol. The van der Waals surface area contributed by atoms with Gasteiger partial charge in [-0.1, -0.05) is 0 Å². The second kappa shape index (κ2) is 6.93. The van der Waals surface area contributed by atoms with Gasteiger partial charge in [-0.05, 0) is 20.8 Å². The Balaban J connectivity index is 2.30. The smallest absolute Gasteiger partial charge is 0.234 e. The maximum absolute atomic E-state index is 11.8. The van der Waals surface area contributed by atoms with Crippen molar-refractivity contribution < 1.29 is 9.53 Å². The highest BCUT2D eigenvalue weighted by Gasteiger charge is 2.22. The van der Waals surface area contributed by atoms with Crippen LogP contribution in [0.2, 0.25) is 0 Å². The number of hydrogen-bond acceptors (Lipinski definition) is 4. The van der Waals surface area contributed by atoms with E-state index >= 15 is 0 Å². The number of carbonyl (C=O) groups excluding carboxylic acids is 1. The topological polar surface area (TPSA) is 53.6 Å². The summed E-state index contributed by atoms with van der Waals surface area (Å²) in [6, 6.07) is 0.969. The number of rotatable bonds is 5. The Bertz CT molecular complexity index is 238. The van der Waals surface area contributed by atoms with Crippen LogP contribution in [0.4, 0.5) is 0 Å². The first-order valence-corrected chi connectivity index (χ1v) is 6.28. The van der Waals surface area contributed by atoms with Gasteiger partial charge < -0.3 is 15.4 Å². The zero-order valence-corrected chi connectivity index (χ0v) is 11.3. The summed E-state index contributed by atoms with van der Waals surface area (Å²) >= 11 is 0. The van der Waals surface area contributed by atoms with Crippen molar-refractivity contribution in [2.75, 3.05) is 33.4 Å². The molecule has 1 aliphatic heterocycles. The molecule has 0 saturated carbocycles. The lowest BCUT2D eigenvalue weighted by atomic mass is 10.1. The Morgan fingerprint density at radius 2 is 2.06 bits per heavy atom. The molecule has 0 radical (unpaired) electrons. The number of amides is 1. The van der Waals surface area contributed by atoms with Crippen molar-refractivity contribution >= 4 is 5.91 Å². The molecule has 5 heteroatoms. The summed E-state index contributed by atoms with van der Waals surface area (Å²) in [5.74, 6) is 0.0795. The van der Waals surface area contributed by atoms with Gasteiger partial charge in [0.25, 0.3) is 0 Å². The molecule has 0 aromatic rings. The Labute approximate surface area is 104 Å². The van der Waals surface area contributed by atoms with E-state index in [9.17, 15) is 4.79 Å². The van der Waals surface area contributed by atoms with Gasteiger partial charge in [0.2, 0.25) is 5.91 Å². The van der Waals surface area contributed by atoms with Crippen LogP contribution in [0.15, 0.2) is 0 Å². The third-order valence-electron chi connectivity index (χ3n) is 2.82. The summed E-state index contributed by atoms with van der Waals surface area (Å²) in [4.78, 5) is 14.0. The Morgan fingerprint density at radius 1 is 1.47 bits per heavy atom. The van der Waals surface area contributed by atoms with Crippen LogP contribution in [-0.4, -0.2) is 62.3 Å². The lowest BCUT2D eigenvalue weighted by Crippen LogP contribution is -2.56. The van der Waals surface area contributed by atoms with Crippen molar-refractivity contribution in [1.29, 1.82) is 0 Å². The van der Waals surface area contributed by atoms with Gasteiger partial charge >= 0.3 is 0 Å². The van der Waals surface area contributed by atoms with Crippen LogP contribution in [0, 0.1) is 0 Å². The zero-order chi connectivity index (χ0) is 12.8. The fourth-order valence-corrected chi connectivity index (χ4v) is 2.38. The average molecular weight is 243 g/mol. The van der Waals surface area contributed by atoms with Gasteiger partial charge in [0.05, 0.1) is 13.2 Å². The number of ether oxygens (including phenoxy) is 1. The normalized spacial score (nSPS) is 27.8. The lowest BCUT2D eigenvalue weighted by Gasteiger charge is -2.35. The van der Waals surface area contributed by atoms with E-state index in [0.717, 1.165) is 13.1 Å². The van der Waals surface area contributed by atoms with Crippen molar-refractivity contribution in [3.63, 3.8) is 0 Å². The highest BCUT2D eigenvalue weighted by molar-refractivity contribution is 5.78. The van der Waals surface area contributed by atoms with Crippen LogP contribution in [0.1, 0.15) is 20.8 Å². The van der Waals surface area contributed by atoms with Crippen LogP contribution in [0.3, 0.4) is 0 Å². The largest absolute Gasteiger partial charge is 0.383 e. The van der Waals surface area contributed by atoms with E-state index in [4.69, 9.17) is 4.74 Å². The molecule has 0 aliphatic carbocycles. The molecule has 2 N–H and O–H groups in total. The molecular formula is C12H25N3O2. The molecule has 5 nitrogen and oxygen atoms in total. The predicted molar refractivity (Wildman–Crippen MR) is 68.0 cm³/mol. The van der Waals surface area contributed by atoms with E-state index in [1.807, 2.05) is 6.92 Å². The number of carbonyl (C=O) groups is 1. The zero-order valence-electron chi connectivity index (χ0n) is 11.3. The molecule has 1 saturated heterocycles. The average Bonchev–Trinajstić information content (AvgIpc) is 2.14. The molecule has 1 aliphatic rings. The summed E-state index contributed by atoms with van der Waals surface area (Å²) in [5, 5.41) is 6.38. The molecule has 3 unspecified atom stereocenters. The van der Waals surface area contributed by atoms with Crippen LogP contribution in [0.25, 0.3) is 0 Å². The SMILES string of the molecule is COCC(C)NC(=O)CN1CC(C)NC(C)C1. The Hall–Kier alpha value is -0.650. The van der Waals surface area contributed by atoms with Crippen molar-refractivity contribution in [3.8, 4) is 0 Å². The van der Waals surface area contributed by atoms with Gasteiger partial charge in [0.15, 0.2) is 0 Å². The summed E-state index contributed by atoms with van der Waals surface area (Å²) < 4.78 is 4.99. The van der Waals surface area contributed by atoms with Gasteiger partial charge in [-0.3, -0.25) is 9.69 Å². The fraction of sp³-hybridized carbons (Fsp3) is 0.917. The molecule has 0 aromatic heterocycles. The number of nitrogens with zero attached hydrogens (tertiary/aromatic N) is 1. The van der Waals surface area contributed by atoms with E-state index in [1.54, 1.807) is 7.11 Å². The second-order valence-electron chi connectivity index (χ2n) is 5.09. The summed E-state index contributed by atoms with van der Waals surface area (Å²) in [6.07, 6.45) is 0. The van der Waals surface area contributed by atoms with Crippen LogP contribution < -0.4 is 10.6 Å². The van der Waals surface area contributed by atoms with Crippen LogP contribution in [-0.2, 0) is 9.53 Å². The van der Waals surface area contributed by atoms with Crippen LogP contribution in [0.5, 0.6) is 0 Å². The molecule has 17 heavy (non-hydrogen) atoms. The van der Waals surface area contributed by atoms with Gasteiger partial charge in [-0.2, -0.15) is 0 Å². The number of piperazine rings is 1. The fourth-order valence-electron chi connectivity index (χ4n) is 2.38. The minimum atomic E-state index is 0.0743. The van der Waals surface area contributed by atoms with Gasteiger partial charge in [-0.15, -0.1) is 0 Å². The third-order valence-corrected chi connectivity index (χ3v) is 2.82. The van der Waals surface area contributed by atoms with Gasteiger partial charge in [0, 0.05) is 38.3 Å². The van der Waals surface area contributed by atoms with Crippen molar-refractivity contribution in [2.45, 2.75) is 38.9 Å². The molecule has 1 heterocycles. The minimum absolute atomic E-state index is 0.0743. The molecule has 1 fully saturated rings. The number of hydrogen-bond donors (Lipinski definition) is 2. The maximum atomic E-state index is 11.8. The first-order valence-electron chi connectivity index (χ1n) is 6.28. The Kier molecular flexibility index (Phi) is 5.88. The number of nitrogens with one attached hydrogen (secondary N) is 2. The van der Waals surface area contributed by atoms with E-state index in [2.05, 4.69) is 29.4 Å². The maximum Gasteiger partial charge on any atom is 0.234 e. The third kappa shape index (κ3) is 5.48. The Morgan fingerprint density at radius 3 is 2.59 bits per heavy atom. The van der Waals surface area contributed by atoms with Crippen molar-refractivity contribution in [1.82, 2.24) is 15.5 Å². The van der Waals surface area contributed by atoms with Crippen LogP contribution >= 0.6 is 0 Å². The number of methoxy groups -OCH3 is 1. The molecule has 3 atom stereocenters. The van der Waals surface area contributed by atoms with Crippen molar-refractivity contribution in [2.24, 2.45) is 0 Å². The summed E-state index contributed by atoms with van der Waals surface area (Å²) in [7, 11) is 1.64. The predicted octanol–water partition coefficient (Wildman–Crippen LogP) is -0.180. The highest BCUT2D eigenvalue weighted by atomic mass is 16.5. The molecule has 0 bridgehead atoms. The molecule has 0 spiro atoms. The quantitative estimate of drug-likeness (QED) is 0.703. The van der Waals surface area contributed by atoms with E-state index in [0.29, 0.717) is 25.2 Å². The first kappa shape index (κ1) is 14.4. The molecule has 1 rings (SSSR count). The van der Waals surface area contributed by atoms with E-state index in [1.165, 1.54) is 0 Å². The molecule has 1 amide bonds. The molecule has 100 valence electrons. The first-order chi connectivity index (χ1) is 8.01.